The second kappa shape index (κ2) is 7.29. The zero-order valence-corrected chi connectivity index (χ0v) is 13.3. The van der Waals surface area contributed by atoms with Crippen molar-refractivity contribution in [1.82, 2.24) is 5.23 Å². The lowest BCUT2D eigenvalue weighted by molar-refractivity contribution is 0.171. The average Bonchev–Trinajstić information content (AvgIpc) is 2.90. The van der Waals surface area contributed by atoms with E-state index < -0.39 is 0 Å². The molecule has 0 fully saturated rings. The second-order valence-electron chi connectivity index (χ2n) is 5.54. The maximum atomic E-state index is 6.04. The Morgan fingerprint density at radius 3 is 2.86 bits per heavy atom. The van der Waals surface area contributed by atoms with Gasteiger partial charge in [-0.15, -0.1) is 0 Å². The molecule has 0 amide bonds. The van der Waals surface area contributed by atoms with Gasteiger partial charge in [-0.3, -0.25) is 0 Å². The predicted molar refractivity (Wildman–Crippen MR) is 90.6 cm³/mol. The Morgan fingerprint density at radius 1 is 1.27 bits per heavy atom. The lowest BCUT2D eigenvalue weighted by Crippen LogP contribution is -2.51. The van der Waals surface area contributed by atoms with Gasteiger partial charge in [-0.2, -0.15) is 0 Å². The highest BCUT2D eigenvalue weighted by atomic mass is 35.5. The number of hydrogen-bond acceptors (Lipinski definition) is 3. The summed E-state index contributed by atoms with van der Waals surface area (Å²) in [7, 11) is 1.62. The Bertz CT molecular complexity index is 623. The lowest BCUT2D eigenvalue weighted by atomic mass is 9.72. The standard InChI is InChI=1S/C17H19BClNO2/c1-21-12-16(9-13-5-3-2-4-6-13)20-18-17-8-7-15(19)10-14(17)11-22-18/h2-8,10,16,20H,9,11-12H2,1H3. The molecular formula is C17H19BClNO2. The van der Waals surface area contributed by atoms with Crippen LogP contribution in [0.5, 0.6) is 0 Å². The molecule has 5 heteroatoms. The number of nitrogens with one attached hydrogen (secondary N) is 1. The minimum absolute atomic E-state index is 0.101. The SMILES string of the molecule is COCC(Cc1ccccc1)NB1OCc2cc(Cl)ccc21. The van der Waals surface area contributed by atoms with Gasteiger partial charge in [-0.05, 0) is 35.1 Å². The van der Waals surface area contributed by atoms with Gasteiger partial charge in [0.15, 0.2) is 0 Å². The molecule has 1 unspecified atom stereocenters. The third-order valence-electron chi connectivity index (χ3n) is 3.87. The Kier molecular flexibility index (Phi) is 5.16. The van der Waals surface area contributed by atoms with Crippen LogP contribution >= 0.6 is 11.6 Å². The fourth-order valence-corrected chi connectivity index (χ4v) is 3.03. The van der Waals surface area contributed by atoms with E-state index in [2.05, 4.69) is 29.5 Å². The lowest BCUT2D eigenvalue weighted by Gasteiger charge is -2.20. The molecule has 114 valence electrons. The summed E-state index contributed by atoms with van der Waals surface area (Å²) in [4.78, 5) is 0. The number of halogens is 1. The smallest absolute Gasteiger partial charge is 0.413 e. The van der Waals surface area contributed by atoms with Gasteiger partial charge in [0.05, 0.1) is 13.2 Å². The number of methoxy groups -OCH3 is 1. The maximum Gasteiger partial charge on any atom is 0.416 e. The van der Waals surface area contributed by atoms with Crippen molar-refractivity contribution in [3.63, 3.8) is 0 Å². The molecule has 2 aromatic carbocycles. The van der Waals surface area contributed by atoms with Crippen molar-refractivity contribution >= 4 is 24.1 Å². The van der Waals surface area contributed by atoms with Crippen molar-refractivity contribution in [2.45, 2.75) is 19.1 Å². The van der Waals surface area contributed by atoms with Crippen LogP contribution in [0, 0.1) is 0 Å². The summed E-state index contributed by atoms with van der Waals surface area (Å²) in [6.45, 7) is 1.23. The van der Waals surface area contributed by atoms with Gasteiger partial charge in [-0.1, -0.05) is 48.0 Å². The number of benzene rings is 2. The van der Waals surface area contributed by atoms with Crippen LogP contribution in [0.4, 0.5) is 0 Å². The normalized spacial score (nSPS) is 14.9. The highest BCUT2D eigenvalue weighted by Crippen LogP contribution is 2.16. The van der Waals surface area contributed by atoms with Crippen LogP contribution in [0.1, 0.15) is 11.1 Å². The average molecular weight is 316 g/mol. The minimum Gasteiger partial charge on any atom is -0.413 e. The van der Waals surface area contributed by atoms with Crippen LogP contribution in [0.25, 0.3) is 0 Å². The van der Waals surface area contributed by atoms with Gasteiger partial charge < -0.3 is 14.6 Å². The van der Waals surface area contributed by atoms with Crippen molar-refractivity contribution in [1.29, 1.82) is 0 Å². The predicted octanol–water partition coefficient (Wildman–Crippen LogP) is 2.41. The van der Waals surface area contributed by atoms with Crippen molar-refractivity contribution in [3.05, 3.63) is 64.7 Å². The first-order valence-electron chi connectivity index (χ1n) is 7.45. The van der Waals surface area contributed by atoms with E-state index in [1.54, 1.807) is 7.11 Å². The maximum absolute atomic E-state index is 6.04. The molecule has 0 spiro atoms. The molecule has 3 rings (SSSR count). The Morgan fingerprint density at radius 2 is 2.09 bits per heavy atom. The third-order valence-corrected chi connectivity index (χ3v) is 4.11. The van der Waals surface area contributed by atoms with Crippen LogP contribution in [-0.4, -0.2) is 26.8 Å². The van der Waals surface area contributed by atoms with E-state index in [0.29, 0.717) is 13.2 Å². The second-order valence-corrected chi connectivity index (χ2v) is 5.98. The van der Waals surface area contributed by atoms with Gasteiger partial charge in [0, 0.05) is 18.2 Å². The van der Waals surface area contributed by atoms with Gasteiger partial charge in [0.1, 0.15) is 0 Å². The third kappa shape index (κ3) is 3.71. The molecule has 0 radical (unpaired) electrons. The minimum atomic E-state index is -0.101. The summed E-state index contributed by atoms with van der Waals surface area (Å²) in [6.07, 6.45) is 0.900. The van der Waals surface area contributed by atoms with Gasteiger partial charge in [0.25, 0.3) is 0 Å². The summed E-state index contributed by atoms with van der Waals surface area (Å²) >= 11 is 6.04. The molecule has 1 heterocycles. The largest absolute Gasteiger partial charge is 0.416 e. The van der Waals surface area contributed by atoms with Crippen LogP contribution in [0.3, 0.4) is 0 Å². The molecule has 3 nitrogen and oxygen atoms in total. The topological polar surface area (TPSA) is 30.5 Å². The van der Waals surface area contributed by atoms with Crippen molar-refractivity contribution in [3.8, 4) is 0 Å². The van der Waals surface area contributed by atoms with Gasteiger partial charge >= 0.3 is 7.05 Å². The van der Waals surface area contributed by atoms with Gasteiger partial charge in [-0.25, -0.2) is 0 Å². The van der Waals surface area contributed by atoms with Crippen molar-refractivity contribution in [2.24, 2.45) is 0 Å². The highest BCUT2D eigenvalue weighted by Gasteiger charge is 2.31. The quantitative estimate of drug-likeness (QED) is 0.831. The summed E-state index contributed by atoms with van der Waals surface area (Å²) in [5, 5.41) is 4.30. The fourth-order valence-electron chi connectivity index (χ4n) is 2.84. The number of hydrogen-bond donors (Lipinski definition) is 1. The molecule has 1 N–H and O–H groups in total. The molecule has 0 aliphatic carbocycles. The number of ether oxygens (including phenoxy) is 1. The molecule has 22 heavy (non-hydrogen) atoms. The first-order chi connectivity index (χ1) is 10.8. The van der Waals surface area contributed by atoms with Crippen molar-refractivity contribution in [2.75, 3.05) is 13.7 Å². The summed E-state index contributed by atoms with van der Waals surface area (Å²) < 4.78 is 11.2. The van der Waals surface area contributed by atoms with E-state index >= 15 is 0 Å². The molecule has 2 aromatic rings. The highest BCUT2D eigenvalue weighted by molar-refractivity contribution is 6.66. The van der Waals surface area contributed by atoms with E-state index in [4.69, 9.17) is 21.0 Å². The first-order valence-corrected chi connectivity index (χ1v) is 7.83. The van der Waals surface area contributed by atoms with Crippen LogP contribution in [0.15, 0.2) is 48.5 Å². The zero-order chi connectivity index (χ0) is 15.4. The van der Waals surface area contributed by atoms with Crippen molar-refractivity contribution < 1.29 is 9.39 Å². The van der Waals surface area contributed by atoms with Crippen LogP contribution in [-0.2, 0) is 22.4 Å². The van der Waals surface area contributed by atoms with E-state index in [-0.39, 0.29) is 13.1 Å². The fraction of sp³-hybridized carbons (Fsp3) is 0.294. The molecule has 0 saturated carbocycles. The molecule has 1 atom stereocenters. The Labute approximate surface area is 136 Å². The summed E-state index contributed by atoms with van der Waals surface area (Å²) in [6, 6.07) is 16.5. The van der Waals surface area contributed by atoms with E-state index in [1.807, 2.05) is 24.3 Å². The summed E-state index contributed by atoms with van der Waals surface area (Å²) in [5.41, 5.74) is 3.60. The Balaban J connectivity index is 1.70. The molecular weight excluding hydrogens is 296 g/mol. The zero-order valence-electron chi connectivity index (χ0n) is 12.6. The van der Waals surface area contributed by atoms with Crippen LogP contribution < -0.4 is 10.7 Å². The number of fused-ring (bicyclic) bond motifs is 1. The Hall–Kier alpha value is -1.33. The van der Waals surface area contributed by atoms with Crippen LogP contribution in [0.2, 0.25) is 5.02 Å². The number of rotatable bonds is 6. The van der Waals surface area contributed by atoms with E-state index in [1.165, 1.54) is 11.0 Å². The monoisotopic (exact) mass is 315 g/mol. The molecule has 0 saturated heterocycles. The van der Waals surface area contributed by atoms with E-state index in [9.17, 15) is 0 Å². The molecule has 1 aliphatic rings. The summed E-state index contributed by atoms with van der Waals surface area (Å²) in [5.74, 6) is 0. The molecule has 1 aliphatic heterocycles. The molecule has 0 aromatic heterocycles. The molecule has 0 bridgehead atoms. The first kappa shape index (κ1) is 15.6. The van der Waals surface area contributed by atoms with E-state index in [0.717, 1.165) is 17.0 Å². The van der Waals surface area contributed by atoms with Gasteiger partial charge in [0.2, 0.25) is 0 Å².